The Labute approximate surface area is 152 Å². The van der Waals surface area contributed by atoms with Crippen LogP contribution in [0.2, 0.25) is 0 Å². The van der Waals surface area contributed by atoms with Crippen LogP contribution in [0.25, 0.3) is 0 Å². The molecule has 0 spiro atoms. The molecular weight excluding hydrogens is 362 g/mol. The third-order valence-electron chi connectivity index (χ3n) is 4.26. The predicted molar refractivity (Wildman–Crippen MR) is 96.7 cm³/mol. The number of nitrogens with one attached hydrogen (secondary N) is 1. The van der Waals surface area contributed by atoms with Crippen molar-refractivity contribution in [3.8, 4) is 5.75 Å². The minimum atomic E-state index is -3.36. The molecule has 0 bridgehead atoms. The van der Waals surface area contributed by atoms with E-state index in [0.29, 0.717) is 31.6 Å². The van der Waals surface area contributed by atoms with Crippen molar-refractivity contribution in [3.63, 3.8) is 0 Å². The van der Waals surface area contributed by atoms with Crippen molar-refractivity contribution in [1.82, 2.24) is 4.31 Å². The van der Waals surface area contributed by atoms with Crippen LogP contribution in [0, 0.1) is 16.0 Å². The molecular formula is C16H23N3O6S. The summed E-state index contributed by atoms with van der Waals surface area (Å²) in [6.45, 7) is 2.32. The van der Waals surface area contributed by atoms with Gasteiger partial charge < -0.3 is 10.1 Å². The number of carbonyl (C=O) groups excluding carboxylic acids is 1. The Balaban J connectivity index is 2.14. The Morgan fingerprint density at radius 2 is 2.19 bits per heavy atom. The van der Waals surface area contributed by atoms with Crippen LogP contribution in [-0.4, -0.2) is 49.5 Å². The van der Waals surface area contributed by atoms with E-state index in [1.165, 1.54) is 29.6 Å². The highest BCUT2D eigenvalue weighted by atomic mass is 32.2. The molecule has 1 amide bonds. The van der Waals surface area contributed by atoms with Gasteiger partial charge in [0.1, 0.15) is 5.75 Å². The second-order valence-electron chi connectivity index (χ2n) is 6.14. The highest BCUT2D eigenvalue weighted by molar-refractivity contribution is 7.89. The molecule has 1 aliphatic heterocycles. The summed E-state index contributed by atoms with van der Waals surface area (Å²) in [5, 5.41) is 13.6. The number of nitro benzene ring substituents is 1. The highest BCUT2D eigenvalue weighted by Crippen LogP contribution is 2.30. The van der Waals surface area contributed by atoms with Gasteiger partial charge in [0.05, 0.1) is 29.4 Å². The Morgan fingerprint density at radius 1 is 1.46 bits per heavy atom. The quantitative estimate of drug-likeness (QED) is 0.566. The number of amides is 1. The van der Waals surface area contributed by atoms with Gasteiger partial charge >= 0.3 is 0 Å². The molecule has 26 heavy (non-hydrogen) atoms. The lowest BCUT2D eigenvalue weighted by atomic mass is 9.98. The van der Waals surface area contributed by atoms with Gasteiger partial charge in [-0.2, -0.15) is 0 Å². The summed E-state index contributed by atoms with van der Waals surface area (Å²) < 4.78 is 31.0. The van der Waals surface area contributed by atoms with Gasteiger partial charge in [-0.05, 0) is 25.3 Å². The van der Waals surface area contributed by atoms with Gasteiger partial charge in [-0.1, -0.05) is 6.92 Å². The molecule has 9 nitrogen and oxygen atoms in total. The molecule has 0 aromatic heterocycles. The first kappa shape index (κ1) is 20.1. The fourth-order valence-electron chi connectivity index (χ4n) is 2.94. The average molecular weight is 385 g/mol. The molecule has 1 aliphatic rings. The van der Waals surface area contributed by atoms with Gasteiger partial charge in [-0.3, -0.25) is 14.9 Å². The van der Waals surface area contributed by atoms with Crippen LogP contribution in [0.5, 0.6) is 5.75 Å². The number of rotatable bonds is 7. The van der Waals surface area contributed by atoms with Gasteiger partial charge in [-0.25, -0.2) is 12.7 Å². The Hall–Kier alpha value is -2.20. The highest BCUT2D eigenvalue weighted by Gasteiger charge is 2.32. The van der Waals surface area contributed by atoms with Crippen LogP contribution in [-0.2, 0) is 14.8 Å². The number of hydrogen-bond donors (Lipinski definition) is 1. The fourth-order valence-corrected chi connectivity index (χ4v) is 4.53. The maximum atomic E-state index is 12.6. The summed E-state index contributed by atoms with van der Waals surface area (Å²) in [5.41, 5.74) is 0.0251. The third-order valence-corrected chi connectivity index (χ3v) is 6.30. The van der Waals surface area contributed by atoms with Gasteiger partial charge in [0.25, 0.3) is 5.69 Å². The van der Waals surface area contributed by atoms with E-state index in [-0.39, 0.29) is 29.6 Å². The van der Waals surface area contributed by atoms with E-state index >= 15 is 0 Å². The Kier molecular flexibility index (Phi) is 6.54. The van der Waals surface area contributed by atoms with E-state index in [1.54, 1.807) is 6.92 Å². The first-order valence-corrected chi connectivity index (χ1v) is 10.0. The lowest BCUT2D eigenvalue weighted by Gasteiger charge is -2.31. The summed E-state index contributed by atoms with van der Waals surface area (Å²) in [6.07, 6.45) is 1.66. The van der Waals surface area contributed by atoms with Crippen molar-refractivity contribution >= 4 is 27.3 Å². The van der Waals surface area contributed by atoms with Crippen molar-refractivity contribution < 1.29 is 22.9 Å². The lowest BCUT2D eigenvalue weighted by Crippen LogP contribution is -2.44. The molecule has 0 unspecified atom stereocenters. The number of anilines is 1. The number of carbonyl (C=O) groups is 1. The van der Waals surface area contributed by atoms with Crippen LogP contribution < -0.4 is 10.1 Å². The number of nitrogens with zero attached hydrogens (tertiary/aromatic N) is 2. The maximum Gasteiger partial charge on any atom is 0.271 e. The number of hydrogen-bond acceptors (Lipinski definition) is 6. The standard InChI is InChI=1S/C16H23N3O6S/c1-3-9-26(23,24)18-8-4-5-12(11-18)16(20)17-14-10-13(19(21)22)6-7-15(14)25-2/h6-7,10,12H,3-5,8-9,11H2,1-2H3,(H,17,20)/t12-/m1/s1. The smallest absolute Gasteiger partial charge is 0.271 e. The molecule has 1 N–H and O–H groups in total. The predicted octanol–water partition coefficient (Wildman–Crippen LogP) is 1.99. The normalized spacial score (nSPS) is 18.3. The van der Waals surface area contributed by atoms with Crippen LogP contribution >= 0.6 is 0 Å². The summed E-state index contributed by atoms with van der Waals surface area (Å²) in [4.78, 5) is 23.0. The molecule has 1 aromatic carbocycles. The lowest BCUT2D eigenvalue weighted by molar-refractivity contribution is -0.384. The number of non-ortho nitro benzene ring substituents is 1. The van der Waals surface area contributed by atoms with Crippen molar-refractivity contribution in [1.29, 1.82) is 0 Å². The van der Waals surface area contributed by atoms with Crippen LogP contribution in [0.1, 0.15) is 26.2 Å². The maximum absolute atomic E-state index is 12.6. The van der Waals surface area contributed by atoms with E-state index < -0.39 is 20.9 Å². The number of nitro groups is 1. The first-order valence-electron chi connectivity index (χ1n) is 8.39. The number of ether oxygens (including phenoxy) is 1. The second kappa shape index (κ2) is 8.45. The third kappa shape index (κ3) is 4.70. The number of benzene rings is 1. The van der Waals surface area contributed by atoms with Crippen LogP contribution in [0.4, 0.5) is 11.4 Å². The number of sulfonamides is 1. The zero-order valence-electron chi connectivity index (χ0n) is 14.8. The number of methoxy groups -OCH3 is 1. The monoisotopic (exact) mass is 385 g/mol. The molecule has 1 aromatic rings. The molecule has 1 atom stereocenters. The van der Waals surface area contributed by atoms with E-state index in [0.717, 1.165) is 0 Å². The average Bonchev–Trinajstić information content (AvgIpc) is 2.61. The Morgan fingerprint density at radius 3 is 2.81 bits per heavy atom. The van der Waals surface area contributed by atoms with E-state index in [2.05, 4.69) is 5.32 Å². The minimum absolute atomic E-state index is 0.0556. The first-order chi connectivity index (χ1) is 12.3. The molecule has 144 valence electrons. The van der Waals surface area contributed by atoms with Gasteiger partial charge in [0.2, 0.25) is 15.9 Å². The van der Waals surface area contributed by atoms with Crippen LogP contribution in [0.3, 0.4) is 0 Å². The molecule has 2 rings (SSSR count). The van der Waals surface area contributed by atoms with Gasteiger partial charge in [0.15, 0.2) is 0 Å². The van der Waals surface area contributed by atoms with Crippen LogP contribution in [0.15, 0.2) is 18.2 Å². The summed E-state index contributed by atoms with van der Waals surface area (Å²) in [6, 6.07) is 3.92. The largest absolute Gasteiger partial charge is 0.495 e. The SMILES string of the molecule is CCCS(=O)(=O)N1CCC[C@@H](C(=O)Nc2cc([N+](=O)[O-])ccc2OC)C1. The zero-order valence-corrected chi connectivity index (χ0v) is 15.6. The molecule has 1 fully saturated rings. The van der Waals surface area contributed by atoms with Crippen molar-refractivity contribution in [3.05, 3.63) is 28.3 Å². The van der Waals surface area contributed by atoms with Crippen molar-refractivity contribution in [2.45, 2.75) is 26.2 Å². The zero-order chi connectivity index (χ0) is 19.3. The second-order valence-corrected chi connectivity index (χ2v) is 8.23. The summed E-state index contributed by atoms with van der Waals surface area (Å²) in [5.74, 6) is -0.533. The number of piperidine rings is 1. The van der Waals surface area contributed by atoms with Gasteiger partial charge in [-0.15, -0.1) is 0 Å². The summed E-state index contributed by atoms with van der Waals surface area (Å²) in [7, 11) is -1.96. The molecule has 10 heteroatoms. The topological polar surface area (TPSA) is 119 Å². The van der Waals surface area contributed by atoms with E-state index in [9.17, 15) is 23.3 Å². The molecule has 1 saturated heterocycles. The molecule has 1 heterocycles. The van der Waals surface area contributed by atoms with E-state index in [4.69, 9.17) is 4.74 Å². The Bertz CT molecular complexity index is 780. The minimum Gasteiger partial charge on any atom is -0.495 e. The molecule has 0 radical (unpaired) electrons. The van der Waals surface area contributed by atoms with E-state index in [1.807, 2.05) is 0 Å². The van der Waals surface area contributed by atoms with Crippen molar-refractivity contribution in [2.24, 2.45) is 5.92 Å². The molecule has 0 saturated carbocycles. The fraction of sp³-hybridized carbons (Fsp3) is 0.562. The summed E-state index contributed by atoms with van der Waals surface area (Å²) >= 11 is 0. The van der Waals surface area contributed by atoms with Gasteiger partial charge in [0, 0.05) is 25.2 Å². The van der Waals surface area contributed by atoms with Crippen molar-refractivity contribution in [2.75, 3.05) is 31.3 Å². The molecule has 0 aliphatic carbocycles.